The summed E-state index contributed by atoms with van der Waals surface area (Å²) >= 11 is 0. The molecule has 9 heteroatoms. The highest BCUT2D eigenvalue weighted by Gasteiger charge is 2.29. The molecule has 2 aromatic carbocycles. The van der Waals surface area contributed by atoms with Crippen LogP contribution in [0.3, 0.4) is 0 Å². The molecule has 0 aliphatic rings. The van der Waals surface area contributed by atoms with Gasteiger partial charge in [-0.05, 0) is 43.5 Å². The normalized spacial score (nSPS) is 11.5. The second-order valence-corrected chi connectivity index (χ2v) is 8.91. The number of non-ortho nitro benzene ring substituents is 1. The molecule has 0 radical (unpaired) electrons. The molecule has 2 aromatic rings. The lowest BCUT2D eigenvalue weighted by Crippen LogP contribution is -2.37. The number of ether oxygens (including phenoxy) is 1. The van der Waals surface area contributed by atoms with Gasteiger partial charge in [-0.3, -0.25) is 19.2 Å². The zero-order valence-corrected chi connectivity index (χ0v) is 17.5. The predicted molar refractivity (Wildman–Crippen MR) is 109 cm³/mol. The first-order chi connectivity index (χ1) is 13.5. The summed E-state index contributed by atoms with van der Waals surface area (Å²) in [4.78, 5) is 22.3. The maximum Gasteiger partial charge on any atom is 0.327 e. The molecule has 0 saturated carbocycles. The molecule has 0 fully saturated rings. The molecule has 0 N–H and O–H groups in total. The van der Waals surface area contributed by atoms with Crippen molar-refractivity contribution in [3.05, 3.63) is 64.2 Å². The van der Waals surface area contributed by atoms with E-state index >= 15 is 0 Å². The van der Waals surface area contributed by atoms with Crippen molar-refractivity contribution in [2.75, 3.05) is 10.8 Å². The number of rotatable bonds is 8. The zero-order valence-electron chi connectivity index (χ0n) is 16.7. The molecule has 156 valence electrons. The summed E-state index contributed by atoms with van der Waals surface area (Å²) in [6.45, 7) is 6.78. The second kappa shape index (κ2) is 9.04. The Bertz CT molecular complexity index is 984. The van der Waals surface area contributed by atoms with E-state index in [1.165, 1.54) is 18.2 Å². The van der Waals surface area contributed by atoms with E-state index < -0.39 is 33.6 Å². The van der Waals surface area contributed by atoms with Gasteiger partial charge in [-0.15, -0.1) is 0 Å². The predicted octanol–water partition coefficient (Wildman–Crippen LogP) is 3.87. The Morgan fingerprint density at radius 2 is 1.72 bits per heavy atom. The van der Waals surface area contributed by atoms with E-state index in [2.05, 4.69) is 0 Å². The molecule has 8 nitrogen and oxygen atoms in total. The molecule has 2 rings (SSSR count). The molecule has 0 aliphatic heterocycles. The van der Waals surface area contributed by atoms with E-state index in [1.54, 1.807) is 38.1 Å². The van der Waals surface area contributed by atoms with Gasteiger partial charge in [-0.2, -0.15) is 0 Å². The van der Waals surface area contributed by atoms with E-state index in [0.29, 0.717) is 0 Å². The fourth-order valence-corrected chi connectivity index (χ4v) is 4.09. The van der Waals surface area contributed by atoms with Crippen LogP contribution in [0.2, 0.25) is 0 Å². The van der Waals surface area contributed by atoms with Gasteiger partial charge in [-0.1, -0.05) is 32.0 Å². The largest absolute Gasteiger partial charge is 0.462 e. The highest BCUT2D eigenvalue weighted by Crippen LogP contribution is 2.27. The molecule has 0 heterocycles. The number of anilines is 1. The number of nitro groups is 1. The number of hydrogen-bond donors (Lipinski definition) is 0. The van der Waals surface area contributed by atoms with E-state index in [9.17, 15) is 23.3 Å². The van der Waals surface area contributed by atoms with Gasteiger partial charge in [0, 0.05) is 12.1 Å². The van der Waals surface area contributed by atoms with Crippen LogP contribution in [-0.2, 0) is 19.6 Å². The van der Waals surface area contributed by atoms with Gasteiger partial charge >= 0.3 is 5.97 Å². The van der Waals surface area contributed by atoms with Crippen LogP contribution in [0.1, 0.15) is 39.2 Å². The Morgan fingerprint density at radius 1 is 1.10 bits per heavy atom. The molecule has 29 heavy (non-hydrogen) atoms. The number of carbonyl (C=O) groups is 1. The van der Waals surface area contributed by atoms with Crippen LogP contribution >= 0.6 is 0 Å². The fourth-order valence-electron chi connectivity index (χ4n) is 2.64. The van der Waals surface area contributed by atoms with E-state index in [1.807, 2.05) is 13.8 Å². The topological polar surface area (TPSA) is 107 Å². The Morgan fingerprint density at radius 3 is 2.24 bits per heavy atom. The van der Waals surface area contributed by atoms with Crippen molar-refractivity contribution in [3.63, 3.8) is 0 Å². The molecule has 0 amide bonds. The van der Waals surface area contributed by atoms with Crippen molar-refractivity contribution in [1.29, 1.82) is 0 Å². The quantitative estimate of drug-likeness (QED) is 0.365. The minimum absolute atomic E-state index is 0.247. The summed E-state index contributed by atoms with van der Waals surface area (Å²) in [5, 5.41) is 11.0. The van der Waals surface area contributed by atoms with Crippen LogP contribution in [0.4, 0.5) is 11.4 Å². The fraction of sp³-hybridized carbons (Fsp3) is 0.350. The number of nitrogens with zero attached hydrogens (tertiary/aromatic N) is 2. The van der Waals surface area contributed by atoms with Crippen LogP contribution in [0.5, 0.6) is 0 Å². The third kappa shape index (κ3) is 5.54. The smallest absolute Gasteiger partial charge is 0.327 e. The Balaban J connectivity index is 2.51. The molecule has 0 saturated heterocycles. The van der Waals surface area contributed by atoms with E-state index in [0.717, 1.165) is 15.9 Å². The maximum absolute atomic E-state index is 13.2. The summed E-state index contributed by atoms with van der Waals surface area (Å²) in [6.07, 6.45) is -0.409. The van der Waals surface area contributed by atoms with Crippen LogP contribution in [0.15, 0.2) is 53.4 Å². The third-order valence-electron chi connectivity index (χ3n) is 4.10. The summed E-state index contributed by atoms with van der Waals surface area (Å²) < 4.78 is 32.5. The molecular weight excluding hydrogens is 396 g/mol. The zero-order chi connectivity index (χ0) is 21.8. The first-order valence-corrected chi connectivity index (χ1v) is 10.5. The molecule has 0 unspecified atom stereocenters. The lowest BCUT2D eigenvalue weighted by Gasteiger charge is -2.24. The van der Waals surface area contributed by atoms with E-state index in [4.69, 9.17) is 4.74 Å². The van der Waals surface area contributed by atoms with Gasteiger partial charge in [0.15, 0.2) is 0 Å². The van der Waals surface area contributed by atoms with Crippen molar-refractivity contribution in [1.82, 2.24) is 0 Å². The van der Waals surface area contributed by atoms with Crippen LogP contribution < -0.4 is 4.31 Å². The minimum atomic E-state index is -4.25. The van der Waals surface area contributed by atoms with Crippen molar-refractivity contribution < 1.29 is 22.9 Å². The summed E-state index contributed by atoms with van der Waals surface area (Å²) in [7, 11) is -4.25. The van der Waals surface area contributed by atoms with Crippen LogP contribution in [-0.4, -0.2) is 32.0 Å². The first kappa shape index (κ1) is 22.4. The highest BCUT2D eigenvalue weighted by molar-refractivity contribution is 7.92. The van der Waals surface area contributed by atoms with Gasteiger partial charge in [-0.25, -0.2) is 8.42 Å². The summed E-state index contributed by atoms with van der Waals surface area (Å²) in [5.41, 5.74) is 0.916. The van der Waals surface area contributed by atoms with Crippen LogP contribution in [0, 0.1) is 10.1 Å². The van der Waals surface area contributed by atoms with Crippen LogP contribution in [0.25, 0.3) is 0 Å². The molecule has 0 spiro atoms. The number of sulfonamides is 1. The van der Waals surface area contributed by atoms with Gasteiger partial charge in [0.05, 0.1) is 21.6 Å². The van der Waals surface area contributed by atoms with Gasteiger partial charge in [0.1, 0.15) is 6.54 Å². The molecule has 0 bridgehead atoms. The van der Waals surface area contributed by atoms with Crippen molar-refractivity contribution in [3.8, 4) is 0 Å². The standard InChI is InChI=1S/C20H24N2O6S/c1-14(2)16-8-10-17(11-9-16)21(13-20(23)28-15(3)4)29(26,27)19-7-5-6-18(12-19)22(24)25/h5-12,14-15H,13H2,1-4H3. The summed E-state index contributed by atoms with van der Waals surface area (Å²) in [6, 6.07) is 11.5. The molecular formula is C20H24N2O6S. The van der Waals surface area contributed by atoms with Crippen molar-refractivity contribution >= 4 is 27.4 Å². The monoisotopic (exact) mass is 420 g/mol. The number of hydrogen-bond acceptors (Lipinski definition) is 6. The van der Waals surface area contributed by atoms with Gasteiger partial charge in [0.25, 0.3) is 15.7 Å². The van der Waals surface area contributed by atoms with Gasteiger partial charge < -0.3 is 4.74 Å². The number of carbonyl (C=O) groups excluding carboxylic acids is 1. The third-order valence-corrected chi connectivity index (χ3v) is 5.87. The minimum Gasteiger partial charge on any atom is -0.462 e. The second-order valence-electron chi connectivity index (χ2n) is 7.05. The van der Waals surface area contributed by atoms with Crippen molar-refractivity contribution in [2.24, 2.45) is 0 Å². The Labute approximate surface area is 170 Å². The molecule has 0 atom stereocenters. The lowest BCUT2D eigenvalue weighted by molar-refractivity contribution is -0.385. The highest BCUT2D eigenvalue weighted by atomic mass is 32.2. The maximum atomic E-state index is 13.2. The lowest BCUT2D eigenvalue weighted by atomic mass is 10.0. The number of esters is 1. The average Bonchev–Trinajstić information content (AvgIpc) is 2.65. The SMILES string of the molecule is CC(C)OC(=O)CN(c1ccc(C(C)C)cc1)S(=O)(=O)c1cccc([N+](=O)[O-])c1. The van der Waals surface area contributed by atoms with E-state index in [-0.39, 0.29) is 22.2 Å². The Kier molecular flexibility index (Phi) is 6.97. The molecule has 0 aliphatic carbocycles. The number of nitro benzene ring substituents is 1. The van der Waals surface area contributed by atoms with Crippen molar-refractivity contribution in [2.45, 2.75) is 44.6 Å². The average molecular weight is 420 g/mol. The first-order valence-electron chi connectivity index (χ1n) is 9.09. The molecule has 0 aromatic heterocycles. The summed E-state index contributed by atoms with van der Waals surface area (Å²) in [5.74, 6) is -0.473. The Hall–Kier alpha value is -2.94. The van der Waals surface area contributed by atoms with Gasteiger partial charge in [0.2, 0.25) is 0 Å². The number of benzene rings is 2.